The zero-order chi connectivity index (χ0) is 15.2. The van der Waals surface area contributed by atoms with Crippen molar-refractivity contribution in [3.05, 3.63) is 0 Å². The van der Waals surface area contributed by atoms with E-state index >= 15 is 0 Å². The van der Waals surface area contributed by atoms with Crippen molar-refractivity contribution in [1.29, 1.82) is 0 Å². The van der Waals surface area contributed by atoms with Gasteiger partial charge in [0.2, 0.25) is 0 Å². The third-order valence-corrected chi connectivity index (χ3v) is 4.36. The minimum Gasteiger partial charge on any atom is -0.481 e. The number of carbonyl (C=O) groups is 2. The molecule has 2 rings (SSSR count). The Morgan fingerprint density at radius 1 is 1.24 bits per heavy atom. The summed E-state index contributed by atoms with van der Waals surface area (Å²) in [5.41, 5.74) is 0. The molecule has 0 aliphatic carbocycles. The van der Waals surface area contributed by atoms with Crippen LogP contribution in [0.4, 0.5) is 4.79 Å². The second kappa shape index (κ2) is 7.64. The largest absolute Gasteiger partial charge is 0.481 e. The molecule has 2 aliphatic heterocycles. The van der Waals surface area contributed by atoms with Crippen LogP contribution in [0.3, 0.4) is 0 Å². The van der Waals surface area contributed by atoms with Crippen LogP contribution >= 0.6 is 0 Å². The van der Waals surface area contributed by atoms with E-state index in [2.05, 4.69) is 0 Å². The lowest BCUT2D eigenvalue weighted by Crippen LogP contribution is -2.51. The molecule has 2 fully saturated rings. The summed E-state index contributed by atoms with van der Waals surface area (Å²) in [7, 11) is 1.78. The molecule has 0 aromatic rings. The van der Waals surface area contributed by atoms with Gasteiger partial charge in [0.1, 0.15) is 0 Å². The van der Waals surface area contributed by atoms with Gasteiger partial charge in [-0.25, -0.2) is 4.79 Å². The summed E-state index contributed by atoms with van der Waals surface area (Å²) < 4.78 is 5.67. The van der Waals surface area contributed by atoms with Gasteiger partial charge in [0, 0.05) is 32.8 Å². The van der Waals surface area contributed by atoms with E-state index < -0.39 is 5.97 Å². The van der Waals surface area contributed by atoms with Gasteiger partial charge in [0.25, 0.3) is 0 Å². The molecule has 0 radical (unpaired) electrons. The molecule has 2 amide bonds. The van der Waals surface area contributed by atoms with Gasteiger partial charge in [-0.3, -0.25) is 4.79 Å². The first-order valence-corrected chi connectivity index (χ1v) is 7.93. The SMILES string of the molecule is CN(CC1CCCCO1)C(=O)N1CCCCC1CC(=O)O. The maximum atomic E-state index is 12.6. The number of hydrogen-bond acceptors (Lipinski definition) is 3. The van der Waals surface area contributed by atoms with E-state index in [9.17, 15) is 9.59 Å². The molecule has 6 nitrogen and oxygen atoms in total. The molecule has 0 saturated carbocycles. The van der Waals surface area contributed by atoms with Crippen LogP contribution in [-0.4, -0.2) is 65.8 Å². The first-order valence-electron chi connectivity index (χ1n) is 7.93. The van der Waals surface area contributed by atoms with Crippen molar-refractivity contribution in [2.24, 2.45) is 0 Å². The van der Waals surface area contributed by atoms with Crippen LogP contribution in [0.5, 0.6) is 0 Å². The Morgan fingerprint density at radius 2 is 2.00 bits per heavy atom. The maximum Gasteiger partial charge on any atom is 0.320 e. The molecule has 21 heavy (non-hydrogen) atoms. The molecule has 2 atom stereocenters. The average molecular weight is 298 g/mol. The minimum absolute atomic E-state index is 0.0412. The molecule has 120 valence electrons. The summed E-state index contributed by atoms with van der Waals surface area (Å²) in [6.45, 7) is 2.03. The number of carboxylic acids is 1. The third-order valence-electron chi connectivity index (χ3n) is 4.36. The van der Waals surface area contributed by atoms with Gasteiger partial charge >= 0.3 is 12.0 Å². The number of urea groups is 1. The van der Waals surface area contributed by atoms with E-state index in [0.717, 1.165) is 45.1 Å². The second-order valence-electron chi connectivity index (χ2n) is 6.09. The number of likely N-dealkylation sites (tertiary alicyclic amines) is 1. The quantitative estimate of drug-likeness (QED) is 0.861. The Kier molecular flexibility index (Phi) is 5.85. The second-order valence-corrected chi connectivity index (χ2v) is 6.09. The summed E-state index contributed by atoms with van der Waals surface area (Å²) in [4.78, 5) is 26.9. The molecule has 0 bridgehead atoms. The molecule has 2 saturated heterocycles. The van der Waals surface area contributed by atoms with Crippen molar-refractivity contribution < 1.29 is 19.4 Å². The first kappa shape index (κ1) is 16.1. The number of hydrogen-bond donors (Lipinski definition) is 1. The zero-order valence-electron chi connectivity index (χ0n) is 12.8. The Hall–Kier alpha value is -1.30. The maximum absolute atomic E-state index is 12.6. The predicted octanol–water partition coefficient (Wildman–Crippen LogP) is 1.94. The van der Waals surface area contributed by atoms with E-state index in [4.69, 9.17) is 9.84 Å². The molecule has 2 aliphatic rings. The monoisotopic (exact) mass is 298 g/mol. The smallest absolute Gasteiger partial charge is 0.320 e. The van der Waals surface area contributed by atoms with Gasteiger partial charge in [-0.05, 0) is 38.5 Å². The van der Waals surface area contributed by atoms with Crippen LogP contribution < -0.4 is 0 Å². The lowest BCUT2D eigenvalue weighted by atomic mass is 10.00. The van der Waals surface area contributed by atoms with Gasteiger partial charge < -0.3 is 19.6 Å². The number of ether oxygens (including phenoxy) is 1. The van der Waals surface area contributed by atoms with Crippen molar-refractivity contribution in [3.8, 4) is 0 Å². The van der Waals surface area contributed by atoms with Gasteiger partial charge in [-0.2, -0.15) is 0 Å². The number of nitrogens with zero attached hydrogens (tertiary/aromatic N) is 2. The molecule has 0 aromatic carbocycles. The fourth-order valence-corrected chi connectivity index (χ4v) is 3.22. The number of piperidine rings is 1. The number of carbonyl (C=O) groups excluding carboxylic acids is 1. The zero-order valence-corrected chi connectivity index (χ0v) is 12.8. The van der Waals surface area contributed by atoms with Crippen molar-refractivity contribution in [2.45, 2.75) is 57.1 Å². The van der Waals surface area contributed by atoms with Crippen molar-refractivity contribution in [1.82, 2.24) is 9.80 Å². The predicted molar refractivity (Wildman–Crippen MR) is 78.2 cm³/mol. The molecule has 2 unspecified atom stereocenters. The minimum atomic E-state index is -0.835. The highest BCUT2D eigenvalue weighted by molar-refractivity contribution is 5.76. The van der Waals surface area contributed by atoms with E-state index in [1.54, 1.807) is 16.8 Å². The van der Waals surface area contributed by atoms with Crippen LogP contribution in [0.1, 0.15) is 44.9 Å². The molecule has 2 heterocycles. The van der Waals surface area contributed by atoms with Crippen LogP contribution in [-0.2, 0) is 9.53 Å². The topological polar surface area (TPSA) is 70.1 Å². The van der Waals surface area contributed by atoms with E-state index in [0.29, 0.717) is 13.1 Å². The Bertz CT molecular complexity index is 369. The van der Waals surface area contributed by atoms with Crippen LogP contribution in [0.2, 0.25) is 0 Å². The van der Waals surface area contributed by atoms with Crippen LogP contribution in [0.15, 0.2) is 0 Å². The summed E-state index contributed by atoms with van der Waals surface area (Å²) in [6, 6.07) is -0.228. The van der Waals surface area contributed by atoms with E-state index in [1.807, 2.05) is 0 Å². The number of carboxylic acid groups (broad SMARTS) is 1. The van der Waals surface area contributed by atoms with Crippen molar-refractivity contribution >= 4 is 12.0 Å². The summed E-state index contributed by atoms with van der Waals surface area (Å²) in [6.07, 6.45) is 6.14. The molecule has 0 spiro atoms. The summed E-state index contributed by atoms with van der Waals surface area (Å²) >= 11 is 0. The Labute approximate surface area is 126 Å². The normalized spacial score (nSPS) is 26.4. The fourth-order valence-electron chi connectivity index (χ4n) is 3.22. The highest BCUT2D eigenvalue weighted by atomic mass is 16.5. The average Bonchev–Trinajstić information content (AvgIpc) is 2.47. The number of rotatable bonds is 4. The number of amides is 2. The van der Waals surface area contributed by atoms with Crippen LogP contribution in [0, 0.1) is 0 Å². The summed E-state index contributed by atoms with van der Waals surface area (Å²) in [5.74, 6) is -0.835. The van der Waals surface area contributed by atoms with Gasteiger partial charge in [0.15, 0.2) is 0 Å². The standard InChI is InChI=1S/C15H26N2O4/c1-16(11-13-7-3-5-9-21-13)15(20)17-8-4-2-6-12(17)10-14(18)19/h12-13H,2-11H2,1H3,(H,18,19). The first-order chi connectivity index (χ1) is 10.1. The molecule has 1 N–H and O–H groups in total. The van der Waals surface area contributed by atoms with E-state index in [1.165, 1.54) is 0 Å². The number of aliphatic carboxylic acids is 1. The van der Waals surface area contributed by atoms with Gasteiger partial charge in [0.05, 0.1) is 12.5 Å². The lowest BCUT2D eigenvalue weighted by Gasteiger charge is -2.38. The Balaban J connectivity index is 1.90. The molecular weight excluding hydrogens is 272 g/mol. The fraction of sp³-hybridized carbons (Fsp3) is 0.867. The third kappa shape index (κ3) is 4.59. The summed E-state index contributed by atoms with van der Waals surface area (Å²) in [5, 5.41) is 8.99. The molecule has 6 heteroatoms. The number of likely N-dealkylation sites (N-methyl/N-ethyl adjacent to an activating group) is 1. The Morgan fingerprint density at radius 3 is 2.67 bits per heavy atom. The molecular formula is C15H26N2O4. The van der Waals surface area contributed by atoms with Crippen LogP contribution in [0.25, 0.3) is 0 Å². The van der Waals surface area contributed by atoms with E-state index in [-0.39, 0.29) is 24.6 Å². The van der Waals surface area contributed by atoms with Crippen molar-refractivity contribution in [3.63, 3.8) is 0 Å². The molecule has 0 aromatic heterocycles. The van der Waals surface area contributed by atoms with Crippen molar-refractivity contribution in [2.75, 3.05) is 26.7 Å². The van der Waals surface area contributed by atoms with Gasteiger partial charge in [-0.15, -0.1) is 0 Å². The highest BCUT2D eigenvalue weighted by Gasteiger charge is 2.31. The highest BCUT2D eigenvalue weighted by Crippen LogP contribution is 2.22. The van der Waals surface area contributed by atoms with Gasteiger partial charge in [-0.1, -0.05) is 0 Å². The lowest BCUT2D eigenvalue weighted by molar-refractivity contribution is -0.138.